The van der Waals surface area contributed by atoms with Crippen molar-refractivity contribution >= 4 is 20.2 Å². The van der Waals surface area contributed by atoms with Gasteiger partial charge in [-0.1, -0.05) is 0 Å². The summed E-state index contributed by atoms with van der Waals surface area (Å²) in [4.78, 5) is 0. The van der Waals surface area contributed by atoms with Crippen molar-refractivity contribution in [1.29, 1.82) is 0 Å². The fourth-order valence-corrected chi connectivity index (χ4v) is 1.87. The number of hydrogen-bond donors (Lipinski definition) is 2. The summed E-state index contributed by atoms with van der Waals surface area (Å²) in [6.07, 6.45) is -4.63. The zero-order valence-electron chi connectivity index (χ0n) is 5.56. The van der Waals surface area contributed by atoms with Crippen molar-refractivity contribution in [3.05, 3.63) is 0 Å². The summed E-state index contributed by atoms with van der Waals surface area (Å²) in [5, 5.41) is 0. The Morgan fingerprint density at radius 3 is 1.23 bits per heavy atom. The Morgan fingerprint density at radius 2 is 1.23 bits per heavy atom. The van der Waals surface area contributed by atoms with Gasteiger partial charge in [0.25, 0.3) is 0 Å². The summed E-state index contributed by atoms with van der Waals surface area (Å²) in [6, 6.07) is 0. The van der Waals surface area contributed by atoms with Crippen molar-refractivity contribution in [1.82, 2.24) is 0 Å². The van der Waals surface area contributed by atoms with E-state index in [1.54, 1.807) is 0 Å². The van der Waals surface area contributed by atoms with Crippen LogP contribution in [0, 0.1) is 0 Å². The molecule has 0 bridgehead atoms. The summed E-state index contributed by atoms with van der Waals surface area (Å²) in [5.41, 5.74) is 0. The number of halogens is 3. The molecule has 0 atom stereocenters. The van der Waals surface area contributed by atoms with Crippen LogP contribution >= 0.6 is 0 Å². The molecule has 0 unspecified atom stereocenters. The van der Waals surface area contributed by atoms with Crippen LogP contribution in [-0.2, 0) is 20.2 Å². The van der Waals surface area contributed by atoms with Gasteiger partial charge in [-0.15, -0.1) is 0 Å². The first-order valence-corrected chi connectivity index (χ1v) is 5.23. The van der Waals surface area contributed by atoms with Crippen LogP contribution in [0.15, 0.2) is 0 Å². The van der Waals surface area contributed by atoms with Crippen LogP contribution in [0.3, 0.4) is 0 Å². The molecule has 0 heterocycles. The highest BCUT2D eigenvalue weighted by Gasteiger charge is 2.64. The van der Waals surface area contributed by atoms with Crippen molar-refractivity contribution in [3.63, 3.8) is 0 Å². The molecule has 0 radical (unpaired) electrons. The lowest BCUT2D eigenvalue weighted by Crippen LogP contribution is -2.47. The van der Waals surface area contributed by atoms with Gasteiger partial charge in [0.05, 0.1) is 0 Å². The van der Waals surface area contributed by atoms with Crippen molar-refractivity contribution in [2.24, 2.45) is 0 Å². The molecule has 0 aliphatic rings. The van der Waals surface area contributed by atoms with Crippen molar-refractivity contribution in [2.45, 2.75) is 10.8 Å². The first-order chi connectivity index (χ1) is 5.44. The minimum Gasteiger partial charge on any atom is -0.282 e. The lowest BCUT2D eigenvalue weighted by Gasteiger charge is -2.16. The summed E-state index contributed by atoms with van der Waals surface area (Å²) >= 11 is 0. The molecule has 13 heavy (non-hydrogen) atoms. The van der Waals surface area contributed by atoms with Gasteiger partial charge in [-0.05, 0) is 0 Å². The van der Waals surface area contributed by atoms with Crippen molar-refractivity contribution in [3.8, 4) is 0 Å². The van der Waals surface area contributed by atoms with Crippen LogP contribution in [0.1, 0.15) is 0 Å². The van der Waals surface area contributed by atoms with Crippen LogP contribution in [0.25, 0.3) is 0 Å². The van der Waals surface area contributed by atoms with E-state index in [1.807, 2.05) is 0 Å². The molecule has 0 amide bonds. The first kappa shape index (κ1) is 12.6. The van der Waals surface area contributed by atoms with E-state index in [9.17, 15) is 30.0 Å². The van der Waals surface area contributed by atoms with E-state index in [0.29, 0.717) is 0 Å². The standard InChI is InChI=1S/C2H3F3O6S2/c3-1(4)2(5,12(6,7)8)13(9,10)11/h1H,(H,6,7,8)(H,9,10,11). The Hall–Kier alpha value is -0.390. The van der Waals surface area contributed by atoms with E-state index in [2.05, 4.69) is 0 Å². The topological polar surface area (TPSA) is 109 Å². The molecule has 0 aliphatic carbocycles. The van der Waals surface area contributed by atoms with Gasteiger partial charge in [0.2, 0.25) is 0 Å². The molecular weight excluding hydrogens is 241 g/mol. The smallest absolute Gasteiger partial charge is 0.282 e. The molecule has 0 aromatic carbocycles. The highest BCUT2D eigenvalue weighted by Crippen LogP contribution is 2.31. The molecule has 0 spiro atoms. The average molecular weight is 244 g/mol. The second-order valence-corrected chi connectivity index (χ2v) is 5.18. The van der Waals surface area contributed by atoms with Crippen molar-refractivity contribution in [2.75, 3.05) is 0 Å². The molecule has 0 aliphatic heterocycles. The van der Waals surface area contributed by atoms with E-state index in [-0.39, 0.29) is 0 Å². The Morgan fingerprint density at radius 1 is 1.00 bits per heavy atom. The molecular formula is C2H3F3O6S2. The molecule has 0 aromatic rings. The Labute approximate surface area is 70.9 Å². The average Bonchev–Trinajstić information content (AvgIpc) is 1.80. The zero-order valence-corrected chi connectivity index (χ0v) is 7.19. The molecule has 80 valence electrons. The van der Waals surface area contributed by atoms with Crippen LogP contribution in [0.5, 0.6) is 0 Å². The fourth-order valence-electron chi connectivity index (χ4n) is 0.358. The summed E-state index contributed by atoms with van der Waals surface area (Å²) in [6.45, 7) is 0. The summed E-state index contributed by atoms with van der Waals surface area (Å²) < 4.78 is 85.6. The highest BCUT2D eigenvalue weighted by molar-refractivity contribution is 8.05. The second-order valence-electron chi connectivity index (χ2n) is 1.83. The van der Waals surface area contributed by atoms with Crippen molar-refractivity contribution < 1.29 is 39.1 Å². The highest BCUT2D eigenvalue weighted by atomic mass is 32.3. The zero-order chi connectivity index (χ0) is 11.1. The van der Waals surface area contributed by atoms with Gasteiger partial charge < -0.3 is 0 Å². The molecule has 0 fully saturated rings. The maximum atomic E-state index is 12.5. The van der Waals surface area contributed by atoms with Gasteiger partial charge in [-0.25, -0.2) is 8.78 Å². The second kappa shape index (κ2) is 3.08. The van der Waals surface area contributed by atoms with E-state index < -0.39 is 31.0 Å². The number of hydrogen-bond acceptors (Lipinski definition) is 4. The molecule has 0 rings (SSSR count). The summed E-state index contributed by atoms with van der Waals surface area (Å²) in [7, 11) is -12.6. The van der Waals surface area contributed by atoms with Gasteiger partial charge in [0.1, 0.15) is 0 Å². The Bertz CT molecular complexity index is 348. The van der Waals surface area contributed by atoms with Crippen LogP contribution in [0.4, 0.5) is 13.2 Å². The van der Waals surface area contributed by atoms with Gasteiger partial charge in [0.15, 0.2) is 0 Å². The lowest BCUT2D eigenvalue weighted by atomic mass is 10.8. The maximum absolute atomic E-state index is 12.5. The predicted molar refractivity (Wildman–Crippen MR) is 32.9 cm³/mol. The molecule has 0 saturated carbocycles. The number of alkyl halides is 3. The van der Waals surface area contributed by atoms with Gasteiger partial charge in [-0.2, -0.15) is 21.2 Å². The minimum atomic E-state index is -6.28. The lowest BCUT2D eigenvalue weighted by molar-refractivity contribution is 0.0573. The molecule has 0 saturated heterocycles. The van der Waals surface area contributed by atoms with Gasteiger partial charge in [-0.3, -0.25) is 9.11 Å². The monoisotopic (exact) mass is 244 g/mol. The predicted octanol–water partition coefficient (Wildman–Crippen LogP) is -0.350. The fraction of sp³-hybridized carbons (Fsp3) is 1.00. The SMILES string of the molecule is O=S(=O)(O)C(F)(C(F)F)S(=O)(=O)O. The Kier molecular flexibility index (Phi) is 2.98. The third kappa shape index (κ3) is 1.92. The molecule has 6 nitrogen and oxygen atoms in total. The molecule has 11 heteroatoms. The van der Waals surface area contributed by atoms with E-state index in [4.69, 9.17) is 9.11 Å². The van der Waals surface area contributed by atoms with Crippen LogP contribution in [0.2, 0.25) is 0 Å². The third-order valence-electron chi connectivity index (χ3n) is 0.964. The normalized spacial score (nSPS) is 14.9. The van der Waals surface area contributed by atoms with E-state index in [1.165, 1.54) is 0 Å². The van der Waals surface area contributed by atoms with E-state index in [0.717, 1.165) is 0 Å². The molecule has 2 N–H and O–H groups in total. The maximum Gasteiger partial charge on any atom is 0.416 e. The molecule has 0 aromatic heterocycles. The van der Waals surface area contributed by atoms with Crippen LogP contribution in [-0.4, -0.2) is 36.7 Å². The van der Waals surface area contributed by atoms with E-state index >= 15 is 0 Å². The Balaban J connectivity index is 5.80. The largest absolute Gasteiger partial charge is 0.416 e. The van der Waals surface area contributed by atoms with Gasteiger partial charge in [0, 0.05) is 0 Å². The first-order valence-electron chi connectivity index (χ1n) is 2.35. The third-order valence-corrected chi connectivity index (χ3v) is 3.99. The quantitative estimate of drug-likeness (QED) is 0.657. The summed E-state index contributed by atoms with van der Waals surface area (Å²) in [5.74, 6) is 0. The van der Waals surface area contributed by atoms with Crippen LogP contribution < -0.4 is 0 Å². The van der Waals surface area contributed by atoms with Gasteiger partial charge >= 0.3 is 31.0 Å². The number of rotatable bonds is 3. The minimum absolute atomic E-state index is 4.63.